The molecule has 3 rings (SSSR count). The zero-order valence-electron chi connectivity index (χ0n) is 14.5. The number of nitrogens with zero attached hydrogens (tertiary/aromatic N) is 3. The summed E-state index contributed by atoms with van der Waals surface area (Å²) >= 11 is 5.97. The number of nitrogen functional groups attached to an aromatic ring is 1. The van der Waals surface area contributed by atoms with Gasteiger partial charge in [0, 0.05) is 6.20 Å². The molecule has 0 aliphatic rings. The summed E-state index contributed by atoms with van der Waals surface area (Å²) in [4.78, 5) is 23.7. The third-order valence-electron chi connectivity index (χ3n) is 3.62. The van der Waals surface area contributed by atoms with Crippen LogP contribution in [-0.2, 0) is 6.18 Å². The number of pyridine rings is 1. The molecule has 0 radical (unpaired) electrons. The first-order chi connectivity index (χ1) is 13.8. The zero-order chi connectivity index (χ0) is 21.0. The van der Waals surface area contributed by atoms with E-state index in [1.54, 1.807) is 12.1 Å². The Labute approximate surface area is 167 Å². The number of carbonyl (C=O) groups excluding carboxylic acids is 1. The molecule has 12 heteroatoms. The lowest BCUT2D eigenvalue weighted by Gasteiger charge is -2.15. The second kappa shape index (κ2) is 8.19. The molecule has 0 fully saturated rings. The quantitative estimate of drug-likeness (QED) is 0.463. The van der Waals surface area contributed by atoms with Crippen LogP contribution >= 0.6 is 11.6 Å². The van der Waals surface area contributed by atoms with Crippen molar-refractivity contribution < 1.29 is 18.0 Å². The number of halogens is 4. The van der Waals surface area contributed by atoms with Crippen molar-refractivity contribution in [3.8, 4) is 0 Å². The minimum absolute atomic E-state index is 0.00388. The molecule has 2 heterocycles. The fourth-order valence-corrected chi connectivity index (χ4v) is 2.36. The third-order valence-corrected chi connectivity index (χ3v) is 3.95. The van der Waals surface area contributed by atoms with Crippen molar-refractivity contribution >= 4 is 40.5 Å². The Bertz CT molecular complexity index is 1030. The van der Waals surface area contributed by atoms with E-state index in [0.29, 0.717) is 0 Å². The van der Waals surface area contributed by atoms with E-state index in [4.69, 9.17) is 17.3 Å². The Balaban J connectivity index is 1.78. The van der Waals surface area contributed by atoms with Gasteiger partial charge < -0.3 is 11.1 Å². The normalized spacial score (nSPS) is 11.0. The third kappa shape index (κ3) is 4.82. The molecular formula is C17H13ClF3N7O. The molecule has 2 aromatic heterocycles. The molecule has 0 bridgehead atoms. The molecule has 0 unspecified atom stereocenters. The molecule has 0 spiro atoms. The second-order valence-corrected chi connectivity index (χ2v) is 6.00. The van der Waals surface area contributed by atoms with Gasteiger partial charge in [-0.25, -0.2) is 9.97 Å². The maximum atomic E-state index is 12.9. The predicted molar refractivity (Wildman–Crippen MR) is 102 cm³/mol. The van der Waals surface area contributed by atoms with Crippen LogP contribution in [0.15, 0.2) is 48.9 Å². The van der Waals surface area contributed by atoms with Gasteiger partial charge >= 0.3 is 6.18 Å². The van der Waals surface area contributed by atoms with Crippen molar-refractivity contribution in [3.05, 3.63) is 65.2 Å². The fourth-order valence-electron chi connectivity index (χ4n) is 2.20. The molecule has 150 valence electrons. The lowest BCUT2D eigenvalue weighted by Crippen LogP contribution is -2.31. The number of carbonyl (C=O) groups is 1. The average molecular weight is 424 g/mol. The summed E-state index contributed by atoms with van der Waals surface area (Å²) in [6, 6.07) is 7.60. The Morgan fingerprint density at radius 1 is 1.07 bits per heavy atom. The SMILES string of the molecule is Nc1c(NNC(=O)c2ccccn2)ncnc1Nc1cc(C(F)(F)F)ccc1Cl. The second-order valence-electron chi connectivity index (χ2n) is 5.60. The van der Waals surface area contributed by atoms with Crippen LogP contribution in [0.5, 0.6) is 0 Å². The molecule has 5 N–H and O–H groups in total. The lowest BCUT2D eigenvalue weighted by atomic mass is 10.2. The molecule has 0 saturated carbocycles. The summed E-state index contributed by atoms with van der Waals surface area (Å²) in [7, 11) is 0. The Kier molecular flexibility index (Phi) is 5.69. The Morgan fingerprint density at radius 2 is 1.83 bits per heavy atom. The first-order valence-electron chi connectivity index (χ1n) is 7.97. The lowest BCUT2D eigenvalue weighted by molar-refractivity contribution is -0.137. The number of aromatic nitrogens is 3. The van der Waals surface area contributed by atoms with E-state index in [2.05, 4.69) is 31.1 Å². The number of anilines is 4. The van der Waals surface area contributed by atoms with Crippen LogP contribution in [0.4, 0.5) is 36.2 Å². The number of benzene rings is 1. The molecule has 0 aliphatic heterocycles. The largest absolute Gasteiger partial charge is 0.416 e. The summed E-state index contributed by atoms with van der Waals surface area (Å²) in [6.45, 7) is 0. The Morgan fingerprint density at radius 3 is 2.52 bits per heavy atom. The van der Waals surface area contributed by atoms with Crippen LogP contribution in [-0.4, -0.2) is 20.9 Å². The molecule has 1 aromatic carbocycles. The molecule has 0 saturated heterocycles. The first kappa shape index (κ1) is 20.1. The highest BCUT2D eigenvalue weighted by molar-refractivity contribution is 6.33. The standard InChI is InChI=1S/C17H13ClF3N7O/c18-10-5-4-9(17(19,20)21)7-12(10)26-14-13(22)15(25-8-24-14)27-28-16(29)11-3-1-2-6-23-11/h1-8H,22H2,(H,28,29)(H2,24,25,26,27). The van der Waals surface area contributed by atoms with Gasteiger partial charge in [0.1, 0.15) is 17.7 Å². The molecule has 8 nitrogen and oxygen atoms in total. The van der Waals surface area contributed by atoms with Crippen LogP contribution in [0, 0.1) is 0 Å². The van der Waals surface area contributed by atoms with Crippen molar-refractivity contribution in [2.45, 2.75) is 6.18 Å². The van der Waals surface area contributed by atoms with Crippen LogP contribution in [0.1, 0.15) is 16.1 Å². The number of rotatable bonds is 5. The number of nitrogens with two attached hydrogens (primary N) is 1. The molecule has 0 aliphatic carbocycles. The number of amides is 1. The van der Waals surface area contributed by atoms with Gasteiger partial charge in [-0.1, -0.05) is 17.7 Å². The van der Waals surface area contributed by atoms with Crippen LogP contribution in [0.3, 0.4) is 0 Å². The highest BCUT2D eigenvalue weighted by Gasteiger charge is 2.31. The number of hydrogen-bond donors (Lipinski definition) is 4. The maximum Gasteiger partial charge on any atom is 0.416 e. The summed E-state index contributed by atoms with van der Waals surface area (Å²) in [6.07, 6.45) is -1.98. The van der Waals surface area contributed by atoms with Gasteiger partial charge in [0.2, 0.25) is 0 Å². The van der Waals surface area contributed by atoms with Crippen LogP contribution in [0.25, 0.3) is 0 Å². The average Bonchev–Trinajstić information content (AvgIpc) is 2.69. The maximum absolute atomic E-state index is 12.9. The van der Waals surface area contributed by atoms with E-state index in [1.165, 1.54) is 12.3 Å². The van der Waals surface area contributed by atoms with Gasteiger partial charge in [0.25, 0.3) is 5.91 Å². The van der Waals surface area contributed by atoms with E-state index >= 15 is 0 Å². The van der Waals surface area contributed by atoms with Crippen molar-refractivity contribution in [2.75, 3.05) is 16.5 Å². The summed E-state index contributed by atoms with van der Waals surface area (Å²) in [5, 5.41) is 2.68. The van der Waals surface area contributed by atoms with E-state index in [-0.39, 0.29) is 33.7 Å². The zero-order valence-corrected chi connectivity index (χ0v) is 15.2. The predicted octanol–water partition coefficient (Wildman–Crippen LogP) is 3.63. The minimum Gasteiger partial charge on any atom is -0.393 e. The van der Waals surface area contributed by atoms with Crippen molar-refractivity contribution in [1.29, 1.82) is 0 Å². The molecule has 0 atom stereocenters. The van der Waals surface area contributed by atoms with Gasteiger partial charge in [-0.15, -0.1) is 0 Å². The van der Waals surface area contributed by atoms with E-state index in [1.807, 2.05) is 0 Å². The van der Waals surface area contributed by atoms with Crippen LogP contribution < -0.4 is 21.9 Å². The summed E-state index contributed by atoms with van der Waals surface area (Å²) in [5.74, 6) is -0.523. The first-order valence-corrected chi connectivity index (χ1v) is 8.35. The van der Waals surface area contributed by atoms with E-state index < -0.39 is 17.6 Å². The van der Waals surface area contributed by atoms with E-state index in [0.717, 1.165) is 24.5 Å². The van der Waals surface area contributed by atoms with Crippen LogP contribution in [0.2, 0.25) is 5.02 Å². The smallest absolute Gasteiger partial charge is 0.393 e. The summed E-state index contributed by atoms with van der Waals surface area (Å²) < 4.78 is 38.8. The summed E-state index contributed by atoms with van der Waals surface area (Å²) in [5.41, 5.74) is 9.99. The minimum atomic E-state index is -4.54. The Hall–Kier alpha value is -3.60. The molecular weight excluding hydrogens is 411 g/mol. The van der Waals surface area contributed by atoms with Crippen molar-refractivity contribution in [1.82, 2.24) is 20.4 Å². The molecule has 3 aromatic rings. The molecule has 1 amide bonds. The van der Waals surface area contributed by atoms with Gasteiger partial charge in [-0.3, -0.25) is 20.6 Å². The fraction of sp³-hybridized carbons (Fsp3) is 0.0588. The topological polar surface area (TPSA) is 118 Å². The van der Waals surface area contributed by atoms with Crippen molar-refractivity contribution in [2.24, 2.45) is 0 Å². The van der Waals surface area contributed by atoms with Gasteiger partial charge in [0.15, 0.2) is 11.6 Å². The van der Waals surface area contributed by atoms with Gasteiger partial charge in [-0.05, 0) is 30.3 Å². The number of nitrogens with one attached hydrogen (secondary N) is 3. The van der Waals surface area contributed by atoms with Crippen molar-refractivity contribution in [3.63, 3.8) is 0 Å². The number of alkyl halides is 3. The highest BCUT2D eigenvalue weighted by atomic mass is 35.5. The van der Waals surface area contributed by atoms with Gasteiger partial charge in [0.05, 0.1) is 16.3 Å². The monoisotopic (exact) mass is 423 g/mol. The number of hydrazine groups is 1. The highest BCUT2D eigenvalue weighted by Crippen LogP contribution is 2.35. The number of hydrogen-bond acceptors (Lipinski definition) is 7. The molecule has 29 heavy (non-hydrogen) atoms. The van der Waals surface area contributed by atoms with Gasteiger partial charge in [-0.2, -0.15) is 13.2 Å². The van der Waals surface area contributed by atoms with E-state index in [9.17, 15) is 18.0 Å².